The van der Waals surface area contributed by atoms with Crippen LogP contribution in [0.3, 0.4) is 0 Å². The zero-order valence-corrected chi connectivity index (χ0v) is 14.1. The molecule has 4 rings (SSSR count). The lowest BCUT2D eigenvalue weighted by Crippen LogP contribution is -2.47. The van der Waals surface area contributed by atoms with Crippen LogP contribution < -0.4 is 9.64 Å². The fourth-order valence-electron chi connectivity index (χ4n) is 2.99. The van der Waals surface area contributed by atoms with E-state index in [0.29, 0.717) is 11.8 Å². The van der Waals surface area contributed by atoms with Gasteiger partial charge in [0.1, 0.15) is 0 Å². The number of hydrogen-bond acceptors (Lipinski definition) is 8. The molecule has 0 spiro atoms. The van der Waals surface area contributed by atoms with Gasteiger partial charge in [-0.15, -0.1) is 0 Å². The summed E-state index contributed by atoms with van der Waals surface area (Å²) in [4.78, 5) is 17.9. The zero-order chi connectivity index (χ0) is 16.5. The van der Waals surface area contributed by atoms with E-state index in [9.17, 15) is 0 Å². The molecule has 0 bridgehead atoms. The van der Waals surface area contributed by atoms with Crippen LogP contribution >= 0.6 is 0 Å². The molecule has 0 unspecified atom stereocenters. The number of aromatic nitrogens is 4. The van der Waals surface area contributed by atoms with E-state index in [0.717, 1.165) is 43.8 Å². The number of anilines is 1. The minimum Gasteiger partial charge on any atom is -0.481 e. The third-order valence-electron chi connectivity index (χ3n) is 4.73. The molecule has 2 aliphatic rings. The van der Waals surface area contributed by atoms with E-state index < -0.39 is 0 Å². The van der Waals surface area contributed by atoms with Gasteiger partial charge in [-0.25, -0.2) is 4.98 Å². The molecule has 3 heterocycles. The van der Waals surface area contributed by atoms with E-state index in [2.05, 4.69) is 36.8 Å². The Morgan fingerprint density at radius 2 is 2.00 bits per heavy atom. The molecule has 2 aromatic rings. The standard InChI is InChI=1S/C16H22N6O2/c1-11(15-19-14(20-24-15)12-3-4-12)21-7-9-22(10-8-21)16-17-6-5-13(18-16)23-2/h5-6,11-12H,3-4,7-10H2,1-2H3/t11-/m1/s1. The highest BCUT2D eigenvalue weighted by molar-refractivity contribution is 5.32. The van der Waals surface area contributed by atoms with Crippen LogP contribution in [0.4, 0.5) is 5.95 Å². The van der Waals surface area contributed by atoms with Gasteiger partial charge >= 0.3 is 0 Å². The molecular weight excluding hydrogens is 308 g/mol. The first-order valence-electron chi connectivity index (χ1n) is 8.44. The molecule has 0 radical (unpaired) electrons. The molecule has 1 aliphatic carbocycles. The molecule has 1 atom stereocenters. The Bertz CT molecular complexity index is 693. The first-order chi connectivity index (χ1) is 11.7. The second-order valence-electron chi connectivity index (χ2n) is 6.36. The molecule has 1 saturated heterocycles. The summed E-state index contributed by atoms with van der Waals surface area (Å²) in [5.74, 6) is 3.43. The maximum absolute atomic E-state index is 5.47. The van der Waals surface area contributed by atoms with Crippen molar-refractivity contribution in [1.82, 2.24) is 25.0 Å². The molecule has 0 N–H and O–H groups in total. The number of rotatable bonds is 5. The van der Waals surface area contributed by atoms with Gasteiger partial charge in [-0.05, 0) is 19.8 Å². The fraction of sp³-hybridized carbons (Fsp3) is 0.625. The number of hydrogen-bond donors (Lipinski definition) is 0. The van der Waals surface area contributed by atoms with Gasteiger partial charge < -0.3 is 14.2 Å². The highest BCUT2D eigenvalue weighted by Gasteiger charge is 2.31. The van der Waals surface area contributed by atoms with Gasteiger partial charge in [0.2, 0.25) is 17.7 Å². The van der Waals surface area contributed by atoms with Gasteiger partial charge in [0, 0.05) is 44.4 Å². The summed E-state index contributed by atoms with van der Waals surface area (Å²) >= 11 is 0. The molecule has 2 fully saturated rings. The van der Waals surface area contributed by atoms with Crippen molar-refractivity contribution in [1.29, 1.82) is 0 Å². The third kappa shape index (κ3) is 3.06. The molecule has 0 aromatic carbocycles. The van der Waals surface area contributed by atoms with Crippen molar-refractivity contribution in [3.8, 4) is 5.88 Å². The number of methoxy groups -OCH3 is 1. The van der Waals surface area contributed by atoms with Gasteiger partial charge in [-0.2, -0.15) is 9.97 Å². The van der Waals surface area contributed by atoms with Crippen molar-refractivity contribution >= 4 is 5.95 Å². The summed E-state index contributed by atoms with van der Waals surface area (Å²) in [5, 5.41) is 4.12. The highest BCUT2D eigenvalue weighted by atomic mass is 16.5. The largest absolute Gasteiger partial charge is 0.481 e. The van der Waals surface area contributed by atoms with Crippen LogP contribution in [-0.4, -0.2) is 58.3 Å². The van der Waals surface area contributed by atoms with Gasteiger partial charge in [-0.3, -0.25) is 4.90 Å². The van der Waals surface area contributed by atoms with E-state index >= 15 is 0 Å². The summed E-state index contributed by atoms with van der Waals surface area (Å²) in [5.41, 5.74) is 0. The molecule has 1 saturated carbocycles. The Morgan fingerprint density at radius 1 is 1.21 bits per heavy atom. The highest BCUT2D eigenvalue weighted by Crippen LogP contribution is 2.38. The maximum Gasteiger partial charge on any atom is 0.243 e. The Morgan fingerprint density at radius 3 is 2.71 bits per heavy atom. The van der Waals surface area contributed by atoms with Gasteiger partial charge in [-0.1, -0.05) is 5.16 Å². The Kier molecular flexibility index (Phi) is 4.05. The lowest BCUT2D eigenvalue weighted by atomic mass is 10.2. The minimum atomic E-state index is 0.137. The summed E-state index contributed by atoms with van der Waals surface area (Å²) in [6, 6.07) is 1.90. The minimum absolute atomic E-state index is 0.137. The number of ether oxygens (including phenoxy) is 1. The maximum atomic E-state index is 5.47. The quantitative estimate of drug-likeness (QED) is 0.818. The molecule has 8 heteroatoms. The van der Waals surface area contributed by atoms with Gasteiger partial charge in [0.25, 0.3) is 0 Å². The van der Waals surface area contributed by atoms with E-state index in [1.165, 1.54) is 12.8 Å². The third-order valence-corrected chi connectivity index (χ3v) is 4.73. The average molecular weight is 330 g/mol. The van der Waals surface area contributed by atoms with E-state index in [1.807, 2.05) is 0 Å². The lowest BCUT2D eigenvalue weighted by molar-refractivity contribution is 0.163. The first-order valence-corrected chi connectivity index (χ1v) is 8.44. The number of nitrogens with zero attached hydrogens (tertiary/aromatic N) is 6. The fourth-order valence-corrected chi connectivity index (χ4v) is 2.99. The van der Waals surface area contributed by atoms with Crippen molar-refractivity contribution in [2.24, 2.45) is 0 Å². The molecule has 128 valence electrons. The second kappa shape index (κ2) is 6.35. The smallest absolute Gasteiger partial charge is 0.243 e. The van der Waals surface area contributed by atoms with Crippen LogP contribution in [0.1, 0.15) is 43.4 Å². The van der Waals surface area contributed by atoms with Crippen LogP contribution in [0.25, 0.3) is 0 Å². The summed E-state index contributed by atoms with van der Waals surface area (Å²) in [6.45, 7) is 5.66. The molecule has 1 aliphatic heterocycles. The summed E-state index contributed by atoms with van der Waals surface area (Å²) < 4.78 is 10.6. The topological polar surface area (TPSA) is 80.4 Å². The van der Waals surface area contributed by atoms with Crippen molar-refractivity contribution in [3.05, 3.63) is 24.0 Å². The predicted octanol–water partition coefficient (Wildman–Crippen LogP) is 1.63. The van der Waals surface area contributed by atoms with Crippen LogP contribution in [0.2, 0.25) is 0 Å². The van der Waals surface area contributed by atoms with Crippen molar-refractivity contribution in [2.75, 3.05) is 38.2 Å². The molecule has 24 heavy (non-hydrogen) atoms. The molecule has 2 aromatic heterocycles. The monoisotopic (exact) mass is 330 g/mol. The zero-order valence-electron chi connectivity index (χ0n) is 14.1. The Balaban J connectivity index is 1.37. The van der Waals surface area contributed by atoms with Crippen molar-refractivity contribution < 1.29 is 9.26 Å². The van der Waals surface area contributed by atoms with Crippen LogP contribution in [-0.2, 0) is 0 Å². The van der Waals surface area contributed by atoms with E-state index in [1.54, 1.807) is 19.4 Å². The average Bonchev–Trinajstić information content (AvgIpc) is 3.38. The first kappa shape index (κ1) is 15.3. The Hall–Kier alpha value is -2.22. The molecular formula is C16H22N6O2. The SMILES string of the molecule is COc1ccnc(N2CCN([C@H](C)c3nc(C4CC4)no3)CC2)n1. The number of piperazine rings is 1. The van der Waals surface area contributed by atoms with Crippen LogP contribution in [0, 0.1) is 0 Å². The van der Waals surface area contributed by atoms with Crippen LogP contribution in [0.5, 0.6) is 5.88 Å². The van der Waals surface area contributed by atoms with E-state index in [-0.39, 0.29) is 6.04 Å². The predicted molar refractivity (Wildman–Crippen MR) is 87.1 cm³/mol. The van der Waals surface area contributed by atoms with Crippen molar-refractivity contribution in [3.63, 3.8) is 0 Å². The summed E-state index contributed by atoms with van der Waals surface area (Å²) in [7, 11) is 1.62. The van der Waals surface area contributed by atoms with E-state index in [4.69, 9.17) is 9.26 Å². The summed E-state index contributed by atoms with van der Waals surface area (Å²) in [6.07, 6.45) is 4.10. The van der Waals surface area contributed by atoms with Gasteiger partial charge in [0.05, 0.1) is 13.2 Å². The van der Waals surface area contributed by atoms with Gasteiger partial charge in [0.15, 0.2) is 5.82 Å². The van der Waals surface area contributed by atoms with Crippen molar-refractivity contribution in [2.45, 2.75) is 31.7 Å². The second-order valence-corrected chi connectivity index (χ2v) is 6.36. The molecule has 8 nitrogen and oxygen atoms in total. The Labute approximate surface area is 140 Å². The normalized spacial score (nSPS) is 20.2. The molecule has 0 amide bonds. The van der Waals surface area contributed by atoms with Crippen LogP contribution in [0.15, 0.2) is 16.8 Å². The lowest BCUT2D eigenvalue weighted by Gasteiger charge is -2.36.